The molecule has 0 aliphatic carbocycles. The Hall–Kier alpha value is -2.75. The number of rotatable bonds is 7. The maximum absolute atomic E-state index is 12.1. The number of amides is 2. The van der Waals surface area contributed by atoms with Crippen molar-refractivity contribution in [3.63, 3.8) is 0 Å². The Kier molecular flexibility index (Phi) is 6.84. The quantitative estimate of drug-likeness (QED) is 0.486. The summed E-state index contributed by atoms with van der Waals surface area (Å²) in [7, 11) is 1.01. The number of carboxylic acids is 1. The predicted octanol–water partition coefficient (Wildman–Crippen LogP) is 1.38. The predicted molar refractivity (Wildman–Crippen MR) is 98.6 cm³/mol. The van der Waals surface area contributed by atoms with Crippen LogP contribution in [-0.2, 0) is 20.3 Å². The van der Waals surface area contributed by atoms with Crippen molar-refractivity contribution in [1.29, 1.82) is 0 Å². The zero-order chi connectivity index (χ0) is 19.1. The van der Waals surface area contributed by atoms with Crippen LogP contribution < -0.4 is 15.4 Å². The first-order chi connectivity index (χ1) is 12.4. The van der Waals surface area contributed by atoms with Crippen LogP contribution in [0.25, 0.3) is 0 Å². The van der Waals surface area contributed by atoms with Gasteiger partial charge in [-0.2, -0.15) is 5.10 Å². The third-order valence-electron chi connectivity index (χ3n) is 3.50. The lowest BCUT2D eigenvalue weighted by molar-refractivity contribution is -0.118. The van der Waals surface area contributed by atoms with Crippen LogP contribution in [0.15, 0.2) is 27.8 Å². The van der Waals surface area contributed by atoms with E-state index in [1.807, 2.05) is 0 Å². The number of methoxy groups -OCH3 is 1. The zero-order valence-corrected chi connectivity index (χ0v) is 15.3. The van der Waals surface area contributed by atoms with E-state index < -0.39 is 16.7 Å². The Morgan fingerprint density at radius 1 is 1.38 bits per heavy atom. The van der Waals surface area contributed by atoms with E-state index in [9.17, 15) is 14.4 Å². The Balaban J connectivity index is 1.93. The lowest BCUT2D eigenvalue weighted by Crippen LogP contribution is -2.14. The van der Waals surface area contributed by atoms with Crippen LogP contribution in [-0.4, -0.2) is 47.3 Å². The first kappa shape index (κ1) is 19.6. The molecule has 140 valence electrons. The van der Waals surface area contributed by atoms with Gasteiger partial charge in [-0.25, -0.2) is 4.79 Å². The minimum absolute atomic E-state index is 0.0261. The third-order valence-corrected chi connectivity index (χ3v) is 4.88. The molecule has 1 atom stereocenters. The molecule has 0 saturated carbocycles. The molecule has 9 nitrogen and oxygen atoms in total. The molecule has 1 aliphatic heterocycles. The van der Waals surface area contributed by atoms with Gasteiger partial charge in [0.15, 0.2) is 0 Å². The molecule has 1 aliphatic rings. The van der Waals surface area contributed by atoms with Gasteiger partial charge in [-0.05, 0) is 42.2 Å². The highest BCUT2D eigenvalue weighted by molar-refractivity contribution is 7.88. The van der Waals surface area contributed by atoms with E-state index >= 15 is 0 Å². The molecule has 1 fully saturated rings. The molecule has 1 heterocycles. The van der Waals surface area contributed by atoms with Gasteiger partial charge in [0.2, 0.25) is 11.8 Å². The summed E-state index contributed by atoms with van der Waals surface area (Å²) in [5, 5.41) is 18.5. The minimum Gasteiger partial charge on any atom is -0.495 e. The second kappa shape index (κ2) is 9.09. The molecule has 2 rings (SSSR count). The summed E-state index contributed by atoms with van der Waals surface area (Å²) >= 11 is 0. The van der Waals surface area contributed by atoms with Crippen molar-refractivity contribution in [2.75, 3.05) is 24.1 Å². The average Bonchev–Trinajstić information content (AvgIpc) is 3.03. The molecule has 0 aromatic heterocycles. The van der Waals surface area contributed by atoms with Crippen LogP contribution in [0.2, 0.25) is 0 Å². The molecule has 0 bridgehead atoms. The van der Waals surface area contributed by atoms with Gasteiger partial charge >= 0.3 is 5.97 Å². The second-order valence-corrected chi connectivity index (χ2v) is 7.20. The summed E-state index contributed by atoms with van der Waals surface area (Å²) in [6, 6.07) is 4.24. The molecule has 10 heteroatoms. The smallest absolute Gasteiger partial charge is 0.335 e. The van der Waals surface area contributed by atoms with Crippen molar-refractivity contribution in [3.8, 4) is 5.75 Å². The fourth-order valence-corrected chi connectivity index (χ4v) is 3.30. The SMILES string of the molecule is COc1ccc(C(=O)O)cc1NC(=O)CC/C(C)=N/N=S1\CNC(=O)C1. The molecule has 1 aromatic rings. The van der Waals surface area contributed by atoms with Gasteiger partial charge < -0.3 is 20.5 Å². The highest BCUT2D eigenvalue weighted by Gasteiger charge is 2.14. The van der Waals surface area contributed by atoms with Gasteiger partial charge in [0, 0.05) is 12.1 Å². The lowest BCUT2D eigenvalue weighted by Gasteiger charge is -2.11. The molecule has 2 amide bonds. The largest absolute Gasteiger partial charge is 0.495 e. The molecule has 0 radical (unpaired) electrons. The summed E-state index contributed by atoms with van der Waals surface area (Å²) in [5.41, 5.74) is 1.03. The van der Waals surface area contributed by atoms with Gasteiger partial charge in [0.05, 0.1) is 30.0 Å². The Morgan fingerprint density at radius 3 is 2.77 bits per heavy atom. The van der Waals surface area contributed by atoms with E-state index in [0.717, 1.165) is 0 Å². The number of nitrogens with zero attached hydrogens (tertiary/aromatic N) is 2. The lowest BCUT2D eigenvalue weighted by atomic mass is 10.1. The van der Waals surface area contributed by atoms with E-state index in [1.54, 1.807) is 6.92 Å². The van der Waals surface area contributed by atoms with Crippen molar-refractivity contribution < 1.29 is 24.2 Å². The molecule has 3 N–H and O–H groups in total. The summed E-state index contributed by atoms with van der Waals surface area (Å²) in [6.07, 6.45) is 0.561. The van der Waals surface area contributed by atoms with E-state index in [-0.39, 0.29) is 23.8 Å². The summed E-state index contributed by atoms with van der Waals surface area (Å²) in [5.74, 6) is -0.161. The third kappa shape index (κ3) is 5.66. The zero-order valence-electron chi connectivity index (χ0n) is 14.4. The number of carbonyl (C=O) groups is 3. The Morgan fingerprint density at radius 2 is 2.15 bits per heavy atom. The first-order valence-electron chi connectivity index (χ1n) is 7.78. The fourth-order valence-electron chi connectivity index (χ4n) is 2.10. The molecule has 1 saturated heterocycles. The van der Waals surface area contributed by atoms with Gasteiger partial charge in [0.25, 0.3) is 0 Å². The maximum Gasteiger partial charge on any atom is 0.335 e. The van der Waals surface area contributed by atoms with Crippen LogP contribution in [0, 0.1) is 0 Å². The van der Waals surface area contributed by atoms with Crippen LogP contribution >= 0.6 is 0 Å². The average molecular weight is 380 g/mol. The van der Waals surface area contributed by atoms with Gasteiger partial charge in [-0.3, -0.25) is 9.59 Å². The summed E-state index contributed by atoms with van der Waals surface area (Å²) < 4.78 is 9.24. The van der Waals surface area contributed by atoms with Crippen LogP contribution in [0.1, 0.15) is 30.1 Å². The minimum atomic E-state index is -1.09. The number of aromatic carboxylic acids is 1. The normalized spacial score (nSPS) is 17.1. The van der Waals surface area contributed by atoms with Crippen LogP contribution in [0.5, 0.6) is 5.75 Å². The fraction of sp³-hybridized carbons (Fsp3) is 0.375. The molecule has 26 heavy (non-hydrogen) atoms. The molecular formula is C16H20N4O5S. The van der Waals surface area contributed by atoms with E-state index in [4.69, 9.17) is 9.84 Å². The van der Waals surface area contributed by atoms with E-state index in [2.05, 4.69) is 20.2 Å². The monoisotopic (exact) mass is 380 g/mol. The van der Waals surface area contributed by atoms with Crippen molar-refractivity contribution in [1.82, 2.24) is 5.32 Å². The number of nitrogens with one attached hydrogen (secondary N) is 2. The van der Waals surface area contributed by atoms with Gasteiger partial charge in [0.1, 0.15) is 5.75 Å². The molecule has 1 unspecified atom stereocenters. The Bertz CT molecular complexity index is 791. The molecule has 0 spiro atoms. The van der Waals surface area contributed by atoms with Crippen molar-refractivity contribution in [2.24, 2.45) is 9.57 Å². The topological polar surface area (TPSA) is 129 Å². The number of carboxylic acid groups (broad SMARTS) is 1. The van der Waals surface area contributed by atoms with Crippen molar-refractivity contribution in [2.45, 2.75) is 19.8 Å². The standard InChI is InChI=1S/C16H20N4O5S/c1-10(19-20-26-8-15(22)17-9-26)3-6-14(21)18-12-7-11(16(23)24)4-5-13(12)25-2/h4-5,7H,3,6,8-9H2,1-2H3,(H,17,22)(H,18,21)(H,23,24)/b19-10+. The number of benzene rings is 1. The van der Waals surface area contributed by atoms with Crippen molar-refractivity contribution >= 4 is 39.9 Å². The molecule has 1 aromatic carbocycles. The summed E-state index contributed by atoms with van der Waals surface area (Å²) in [6.45, 7) is 1.76. The number of anilines is 1. The number of hydrogen-bond donors (Lipinski definition) is 3. The van der Waals surface area contributed by atoms with Crippen LogP contribution in [0.3, 0.4) is 0 Å². The Labute approximate surface area is 152 Å². The van der Waals surface area contributed by atoms with E-state index in [1.165, 1.54) is 25.3 Å². The van der Waals surface area contributed by atoms with E-state index in [0.29, 0.717) is 35.2 Å². The van der Waals surface area contributed by atoms with Gasteiger partial charge in [-0.15, -0.1) is 4.47 Å². The number of ether oxygens (including phenoxy) is 1. The number of hydrogen-bond acceptors (Lipinski definition) is 5. The van der Waals surface area contributed by atoms with Crippen molar-refractivity contribution in [3.05, 3.63) is 23.8 Å². The molecular weight excluding hydrogens is 360 g/mol. The first-order valence-corrected chi connectivity index (χ1v) is 9.30. The maximum atomic E-state index is 12.1. The van der Waals surface area contributed by atoms with Crippen LogP contribution in [0.4, 0.5) is 5.69 Å². The highest BCUT2D eigenvalue weighted by Crippen LogP contribution is 2.25. The second-order valence-electron chi connectivity index (χ2n) is 5.54. The number of carbonyl (C=O) groups excluding carboxylic acids is 2. The van der Waals surface area contributed by atoms with Gasteiger partial charge in [-0.1, -0.05) is 0 Å². The highest BCUT2D eigenvalue weighted by atomic mass is 32.2. The summed E-state index contributed by atoms with van der Waals surface area (Å²) in [4.78, 5) is 34.3.